The molecule has 3 rings (SSSR count). The molecule has 1 unspecified atom stereocenters. The number of thiazole rings is 1. The van der Waals surface area contributed by atoms with Crippen LogP contribution in [0.25, 0.3) is 10.1 Å². The van der Waals surface area contributed by atoms with E-state index in [2.05, 4.69) is 52.7 Å². The lowest BCUT2D eigenvalue weighted by molar-refractivity contribution is 0.191. The predicted molar refractivity (Wildman–Crippen MR) is 121 cm³/mol. The molecule has 0 amide bonds. The van der Waals surface area contributed by atoms with Gasteiger partial charge in [0.2, 0.25) is 0 Å². The van der Waals surface area contributed by atoms with Crippen molar-refractivity contribution < 1.29 is 5.11 Å². The Labute approximate surface area is 174 Å². The number of aryl methyl sites for hydroxylation is 2. The highest BCUT2D eigenvalue weighted by molar-refractivity contribution is 7.19. The highest BCUT2D eigenvalue weighted by atomic mass is 32.1. The first-order valence-corrected chi connectivity index (χ1v) is 11.4. The number of hydrogen-bond acceptors (Lipinski definition) is 5. The number of aliphatic hydroxyl groups excluding tert-OH is 1. The van der Waals surface area contributed by atoms with Crippen molar-refractivity contribution in [2.45, 2.75) is 39.7 Å². The zero-order valence-electron chi connectivity index (χ0n) is 16.7. The molecule has 28 heavy (non-hydrogen) atoms. The van der Waals surface area contributed by atoms with Gasteiger partial charge in [-0.1, -0.05) is 25.1 Å². The molecule has 0 saturated carbocycles. The number of aliphatic imine (C=N–C) groups is 1. The van der Waals surface area contributed by atoms with Crippen LogP contribution in [0.5, 0.6) is 0 Å². The molecule has 1 aromatic carbocycles. The minimum Gasteiger partial charge on any atom is -0.386 e. The van der Waals surface area contributed by atoms with Crippen molar-refractivity contribution in [1.29, 1.82) is 0 Å². The molecule has 1 atom stereocenters. The highest BCUT2D eigenvalue weighted by Gasteiger charge is 2.12. The minimum absolute atomic E-state index is 0.332. The second-order valence-corrected chi connectivity index (χ2v) is 8.97. The fraction of sp³-hybridized carbons (Fsp3) is 0.429. The van der Waals surface area contributed by atoms with Gasteiger partial charge in [0.05, 0.1) is 17.2 Å². The van der Waals surface area contributed by atoms with Crippen LogP contribution < -0.4 is 10.6 Å². The molecular weight excluding hydrogens is 388 g/mol. The molecule has 0 spiro atoms. The fourth-order valence-electron chi connectivity index (χ4n) is 2.99. The summed E-state index contributed by atoms with van der Waals surface area (Å²) in [5.74, 6) is 0.728. The quantitative estimate of drug-likeness (QED) is 0.383. The van der Waals surface area contributed by atoms with Gasteiger partial charge in [-0.05, 0) is 37.8 Å². The van der Waals surface area contributed by atoms with Crippen molar-refractivity contribution in [2.75, 3.05) is 19.6 Å². The summed E-state index contributed by atoms with van der Waals surface area (Å²) in [6.07, 6.45) is 1.26. The number of benzene rings is 1. The van der Waals surface area contributed by atoms with Crippen LogP contribution in [0, 0.1) is 6.92 Å². The standard InChI is InChI=1S/C21H28N4OS2/c1-4-16-14(3)27-20(25-16)10-11-23-21(22-5-2)24-13-17(26)19-12-15-8-6-7-9-18(15)28-19/h6-9,12,17,26H,4-5,10-11,13H2,1-3H3,(H2,22,23,24). The van der Waals surface area contributed by atoms with Crippen LogP contribution in [0.4, 0.5) is 0 Å². The Morgan fingerprint density at radius 1 is 1.21 bits per heavy atom. The van der Waals surface area contributed by atoms with E-state index in [9.17, 15) is 5.11 Å². The van der Waals surface area contributed by atoms with Crippen LogP contribution in [-0.4, -0.2) is 35.7 Å². The Morgan fingerprint density at radius 3 is 2.75 bits per heavy atom. The number of nitrogens with one attached hydrogen (secondary N) is 2. The zero-order chi connectivity index (χ0) is 19.9. The van der Waals surface area contributed by atoms with E-state index in [1.807, 2.05) is 19.1 Å². The Morgan fingerprint density at radius 2 is 2.04 bits per heavy atom. The normalized spacial score (nSPS) is 13.1. The van der Waals surface area contributed by atoms with E-state index in [0.29, 0.717) is 6.54 Å². The molecule has 150 valence electrons. The summed E-state index contributed by atoms with van der Waals surface area (Å²) < 4.78 is 1.19. The molecular formula is C21H28N4OS2. The summed E-state index contributed by atoms with van der Waals surface area (Å²) in [5.41, 5.74) is 1.20. The average Bonchev–Trinajstić information content (AvgIpc) is 3.28. The van der Waals surface area contributed by atoms with Crippen LogP contribution >= 0.6 is 22.7 Å². The van der Waals surface area contributed by atoms with E-state index in [0.717, 1.165) is 41.8 Å². The van der Waals surface area contributed by atoms with Gasteiger partial charge in [-0.3, -0.25) is 4.99 Å². The molecule has 3 aromatic rings. The highest BCUT2D eigenvalue weighted by Crippen LogP contribution is 2.29. The van der Waals surface area contributed by atoms with E-state index >= 15 is 0 Å². The van der Waals surface area contributed by atoms with Gasteiger partial charge in [0.1, 0.15) is 6.10 Å². The van der Waals surface area contributed by atoms with Gasteiger partial charge in [0.15, 0.2) is 5.96 Å². The Kier molecular flexibility index (Phi) is 7.42. The monoisotopic (exact) mass is 416 g/mol. The maximum Gasteiger partial charge on any atom is 0.191 e. The zero-order valence-corrected chi connectivity index (χ0v) is 18.3. The van der Waals surface area contributed by atoms with Crippen LogP contribution in [-0.2, 0) is 12.8 Å². The van der Waals surface area contributed by atoms with Gasteiger partial charge < -0.3 is 15.7 Å². The summed E-state index contributed by atoms with van der Waals surface area (Å²) >= 11 is 3.40. The van der Waals surface area contributed by atoms with E-state index in [-0.39, 0.29) is 0 Å². The third-order valence-corrected chi connectivity index (χ3v) is 6.73. The average molecular weight is 417 g/mol. The summed E-state index contributed by atoms with van der Waals surface area (Å²) in [6, 6.07) is 10.2. The Hall–Kier alpha value is -1.96. The van der Waals surface area contributed by atoms with Crippen molar-refractivity contribution in [3.8, 4) is 0 Å². The number of aliphatic hydroxyl groups is 1. The molecule has 5 nitrogen and oxygen atoms in total. The van der Waals surface area contributed by atoms with Crippen molar-refractivity contribution in [2.24, 2.45) is 4.99 Å². The first-order valence-electron chi connectivity index (χ1n) is 9.74. The van der Waals surface area contributed by atoms with Crippen LogP contribution in [0.2, 0.25) is 0 Å². The van der Waals surface area contributed by atoms with Gasteiger partial charge in [0, 0.05) is 34.0 Å². The summed E-state index contributed by atoms with van der Waals surface area (Å²) in [7, 11) is 0. The van der Waals surface area contributed by atoms with E-state index in [1.54, 1.807) is 22.7 Å². The Bertz CT molecular complexity index is 899. The largest absolute Gasteiger partial charge is 0.386 e. The van der Waals surface area contributed by atoms with Gasteiger partial charge in [0.25, 0.3) is 0 Å². The number of hydrogen-bond donors (Lipinski definition) is 3. The van der Waals surface area contributed by atoms with Crippen molar-refractivity contribution in [3.63, 3.8) is 0 Å². The summed E-state index contributed by atoms with van der Waals surface area (Å²) in [5, 5.41) is 19.5. The number of nitrogens with zero attached hydrogens (tertiary/aromatic N) is 2. The molecule has 0 saturated heterocycles. The number of thiophene rings is 1. The SMILES string of the molecule is CCNC(=NCC(O)c1cc2ccccc2s1)NCCc1nc(CC)c(C)s1. The van der Waals surface area contributed by atoms with Gasteiger partial charge >= 0.3 is 0 Å². The maximum atomic E-state index is 10.5. The van der Waals surface area contributed by atoms with Gasteiger partial charge in [-0.25, -0.2) is 4.98 Å². The first-order chi connectivity index (χ1) is 13.6. The van der Waals surface area contributed by atoms with Gasteiger partial charge in [-0.15, -0.1) is 22.7 Å². The fourth-order valence-corrected chi connectivity index (χ4v) is 5.05. The third kappa shape index (κ3) is 5.31. The van der Waals surface area contributed by atoms with Crippen molar-refractivity contribution in [3.05, 3.63) is 50.8 Å². The second-order valence-electron chi connectivity index (χ2n) is 6.56. The minimum atomic E-state index is -0.596. The van der Waals surface area contributed by atoms with E-state index in [4.69, 9.17) is 0 Å². The molecule has 0 fully saturated rings. The van der Waals surface area contributed by atoms with Crippen LogP contribution in [0.15, 0.2) is 35.3 Å². The number of aromatic nitrogens is 1. The molecule has 0 aliphatic heterocycles. The first kappa shape index (κ1) is 20.8. The van der Waals surface area contributed by atoms with Crippen molar-refractivity contribution >= 4 is 38.7 Å². The molecule has 2 heterocycles. The topological polar surface area (TPSA) is 69.5 Å². The number of fused-ring (bicyclic) bond motifs is 1. The number of guanidine groups is 1. The second kappa shape index (κ2) is 10.0. The number of rotatable bonds is 8. The third-order valence-electron chi connectivity index (χ3n) is 4.44. The van der Waals surface area contributed by atoms with Crippen molar-refractivity contribution in [1.82, 2.24) is 15.6 Å². The predicted octanol–water partition coefficient (Wildman–Crippen LogP) is 4.06. The summed E-state index contributed by atoms with van der Waals surface area (Å²) in [6.45, 7) is 8.19. The molecule has 0 aliphatic carbocycles. The van der Waals surface area contributed by atoms with Crippen LogP contribution in [0.1, 0.15) is 40.4 Å². The van der Waals surface area contributed by atoms with Crippen LogP contribution in [0.3, 0.4) is 0 Å². The lowest BCUT2D eigenvalue weighted by Gasteiger charge is -2.12. The lowest BCUT2D eigenvalue weighted by atomic mass is 10.2. The molecule has 2 aromatic heterocycles. The molecule has 0 aliphatic rings. The molecule has 0 bridgehead atoms. The van der Waals surface area contributed by atoms with E-state index in [1.165, 1.54) is 20.7 Å². The molecule has 0 radical (unpaired) electrons. The summed E-state index contributed by atoms with van der Waals surface area (Å²) in [4.78, 5) is 11.5. The molecule has 7 heteroatoms. The lowest BCUT2D eigenvalue weighted by Crippen LogP contribution is -2.38. The van der Waals surface area contributed by atoms with E-state index < -0.39 is 6.10 Å². The smallest absolute Gasteiger partial charge is 0.191 e. The molecule has 3 N–H and O–H groups in total. The Balaban J connectivity index is 1.56. The maximum absolute atomic E-state index is 10.5. The van der Waals surface area contributed by atoms with Gasteiger partial charge in [-0.2, -0.15) is 0 Å².